The highest BCUT2D eigenvalue weighted by Crippen LogP contribution is 2.24. The van der Waals surface area contributed by atoms with E-state index in [1.165, 1.54) is 11.3 Å². The zero-order chi connectivity index (χ0) is 16.1. The highest BCUT2D eigenvalue weighted by Gasteiger charge is 2.12. The molecule has 0 aliphatic heterocycles. The highest BCUT2D eigenvalue weighted by molar-refractivity contribution is 7.14. The number of carbonyl (C=O) groups is 2. The van der Waals surface area contributed by atoms with Gasteiger partial charge in [-0.15, -0.1) is 11.3 Å². The molecule has 2 aromatic heterocycles. The average molecular weight is 324 g/mol. The molecule has 0 aliphatic carbocycles. The molecule has 0 saturated heterocycles. The van der Waals surface area contributed by atoms with Crippen molar-refractivity contribution in [3.05, 3.63) is 65.8 Å². The first-order valence-corrected chi connectivity index (χ1v) is 7.63. The van der Waals surface area contributed by atoms with Gasteiger partial charge < -0.3 is 0 Å². The van der Waals surface area contributed by atoms with E-state index in [0.29, 0.717) is 10.7 Å². The van der Waals surface area contributed by atoms with Gasteiger partial charge in [-0.3, -0.25) is 20.4 Å². The van der Waals surface area contributed by atoms with E-state index in [0.717, 1.165) is 11.3 Å². The number of urea groups is 1. The Morgan fingerprint density at radius 2 is 1.74 bits per heavy atom. The number of rotatable bonds is 3. The molecule has 1 aromatic carbocycles. The standard InChI is InChI=1S/C16H12N4O2S/c21-14(12-4-2-1-3-5-12)19-15(22)20-16-18-13(10-23-16)11-6-8-17-9-7-11/h1-10H,(H2,18,19,20,21,22). The lowest BCUT2D eigenvalue weighted by Crippen LogP contribution is -2.34. The van der Waals surface area contributed by atoms with Crippen LogP contribution in [-0.4, -0.2) is 21.9 Å². The molecule has 6 nitrogen and oxygen atoms in total. The van der Waals surface area contributed by atoms with Crippen LogP contribution < -0.4 is 10.6 Å². The predicted octanol–water partition coefficient (Wildman–Crippen LogP) is 3.17. The minimum Gasteiger partial charge on any atom is -0.283 e. The Hall–Kier alpha value is -3.06. The Morgan fingerprint density at radius 1 is 1.00 bits per heavy atom. The van der Waals surface area contributed by atoms with Crippen LogP contribution in [0, 0.1) is 0 Å². The van der Waals surface area contributed by atoms with Crippen LogP contribution in [0.3, 0.4) is 0 Å². The van der Waals surface area contributed by atoms with Crippen molar-refractivity contribution in [2.45, 2.75) is 0 Å². The number of amides is 3. The number of nitrogens with one attached hydrogen (secondary N) is 2. The molecule has 3 aromatic rings. The Kier molecular flexibility index (Phi) is 4.39. The third kappa shape index (κ3) is 3.78. The van der Waals surface area contributed by atoms with Crippen LogP contribution in [0.5, 0.6) is 0 Å². The fourth-order valence-corrected chi connectivity index (χ4v) is 2.59. The summed E-state index contributed by atoms with van der Waals surface area (Å²) < 4.78 is 0. The molecule has 7 heteroatoms. The Labute approximate surface area is 136 Å². The maximum absolute atomic E-state index is 11.9. The molecule has 0 fully saturated rings. The average Bonchev–Trinajstić information content (AvgIpc) is 3.04. The quantitative estimate of drug-likeness (QED) is 0.775. The van der Waals surface area contributed by atoms with Crippen molar-refractivity contribution in [3.63, 3.8) is 0 Å². The van der Waals surface area contributed by atoms with Gasteiger partial charge in [0.15, 0.2) is 5.13 Å². The number of carbonyl (C=O) groups excluding carboxylic acids is 2. The lowest BCUT2D eigenvalue weighted by molar-refractivity contribution is 0.0967. The normalized spacial score (nSPS) is 10.1. The third-order valence-corrected chi connectivity index (χ3v) is 3.72. The zero-order valence-electron chi connectivity index (χ0n) is 11.9. The zero-order valence-corrected chi connectivity index (χ0v) is 12.7. The number of imide groups is 1. The van der Waals surface area contributed by atoms with Crippen molar-refractivity contribution in [2.24, 2.45) is 0 Å². The van der Waals surface area contributed by atoms with Gasteiger partial charge in [0.05, 0.1) is 5.69 Å². The van der Waals surface area contributed by atoms with Crippen molar-refractivity contribution in [3.8, 4) is 11.3 Å². The van der Waals surface area contributed by atoms with E-state index >= 15 is 0 Å². The second-order valence-corrected chi connectivity index (χ2v) is 5.41. The number of thiazole rings is 1. The Balaban J connectivity index is 1.63. The number of pyridine rings is 1. The maximum atomic E-state index is 11.9. The summed E-state index contributed by atoms with van der Waals surface area (Å²) in [5.41, 5.74) is 2.06. The summed E-state index contributed by atoms with van der Waals surface area (Å²) in [5.74, 6) is -0.464. The van der Waals surface area contributed by atoms with E-state index < -0.39 is 11.9 Å². The van der Waals surface area contributed by atoms with E-state index in [1.54, 1.807) is 42.7 Å². The molecular formula is C16H12N4O2S. The van der Waals surface area contributed by atoms with E-state index in [-0.39, 0.29) is 0 Å². The van der Waals surface area contributed by atoms with Crippen LogP contribution >= 0.6 is 11.3 Å². The summed E-state index contributed by atoms with van der Waals surface area (Å²) >= 11 is 1.28. The van der Waals surface area contributed by atoms with Gasteiger partial charge in [-0.05, 0) is 24.3 Å². The topological polar surface area (TPSA) is 84.0 Å². The van der Waals surface area contributed by atoms with Crippen LogP contribution in [-0.2, 0) is 0 Å². The monoisotopic (exact) mass is 324 g/mol. The Morgan fingerprint density at radius 3 is 2.48 bits per heavy atom. The predicted molar refractivity (Wildman–Crippen MR) is 88.3 cm³/mol. The second kappa shape index (κ2) is 6.80. The molecule has 0 bridgehead atoms. The number of hydrogen-bond acceptors (Lipinski definition) is 5. The van der Waals surface area contributed by atoms with Gasteiger partial charge in [0, 0.05) is 28.9 Å². The van der Waals surface area contributed by atoms with Crippen LogP contribution in [0.2, 0.25) is 0 Å². The first-order chi connectivity index (χ1) is 11.2. The first kappa shape index (κ1) is 14.9. The van der Waals surface area contributed by atoms with Gasteiger partial charge >= 0.3 is 6.03 Å². The van der Waals surface area contributed by atoms with Gasteiger partial charge in [0.25, 0.3) is 5.91 Å². The van der Waals surface area contributed by atoms with Gasteiger partial charge in [-0.2, -0.15) is 0 Å². The fourth-order valence-electron chi connectivity index (χ4n) is 1.88. The van der Waals surface area contributed by atoms with E-state index in [9.17, 15) is 9.59 Å². The van der Waals surface area contributed by atoms with Crippen LogP contribution in [0.25, 0.3) is 11.3 Å². The molecule has 23 heavy (non-hydrogen) atoms. The summed E-state index contributed by atoms with van der Waals surface area (Å²) in [5, 5.41) is 7.05. The van der Waals surface area contributed by atoms with E-state index in [2.05, 4.69) is 20.6 Å². The summed E-state index contributed by atoms with van der Waals surface area (Å²) in [6, 6.07) is 11.6. The van der Waals surface area contributed by atoms with Crippen molar-refractivity contribution >= 4 is 28.4 Å². The Bertz CT molecular complexity index is 818. The molecule has 0 radical (unpaired) electrons. The number of nitrogens with zero attached hydrogens (tertiary/aromatic N) is 2. The van der Waals surface area contributed by atoms with E-state index in [4.69, 9.17) is 0 Å². The summed E-state index contributed by atoms with van der Waals surface area (Å²) in [6.07, 6.45) is 3.35. The lowest BCUT2D eigenvalue weighted by atomic mass is 10.2. The minimum absolute atomic E-state index is 0.412. The SMILES string of the molecule is O=C(NC(=O)c1ccccc1)Nc1nc(-c2ccncc2)cs1. The molecule has 0 aliphatic rings. The third-order valence-electron chi connectivity index (χ3n) is 2.96. The van der Waals surface area contributed by atoms with Crippen molar-refractivity contribution in [1.82, 2.24) is 15.3 Å². The molecule has 0 atom stereocenters. The molecule has 114 valence electrons. The van der Waals surface area contributed by atoms with Crippen molar-refractivity contribution < 1.29 is 9.59 Å². The number of hydrogen-bond donors (Lipinski definition) is 2. The van der Waals surface area contributed by atoms with E-state index in [1.807, 2.05) is 17.5 Å². The molecular weight excluding hydrogens is 312 g/mol. The number of aromatic nitrogens is 2. The fraction of sp³-hybridized carbons (Fsp3) is 0. The molecule has 0 unspecified atom stereocenters. The first-order valence-electron chi connectivity index (χ1n) is 6.76. The molecule has 2 N–H and O–H groups in total. The van der Waals surface area contributed by atoms with Gasteiger partial charge in [-0.1, -0.05) is 18.2 Å². The summed E-state index contributed by atoms with van der Waals surface area (Å²) in [4.78, 5) is 32.0. The molecule has 0 saturated carbocycles. The highest BCUT2D eigenvalue weighted by atomic mass is 32.1. The molecule has 0 spiro atoms. The number of benzene rings is 1. The van der Waals surface area contributed by atoms with Crippen LogP contribution in [0.15, 0.2) is 60.2 Å². The van der Waals surface area contributed by atoms with Gasteiger partial charge in [0.1, 0.15) is 0 Å². The van der Waals surface area contributed by atoms with Crippen molar-refractivity contribution in [2.75, 3.05) is 5.32 Å². The van der Waals surface area contributed by atoms with Gasteiger partial charge in [-0.25, -0.2) is 9.78 Å². The summed E-state index contributed by atoms with van der Waals surface area (Å²) in [7, 11) is 0. The maximum Gasteiger partial charge on any atom is 0.327 e. The lowest BCUT2D eigenvalue weighted by Gasteiger charge is -2.04. The molecule has 2 heterocycles. The number of anilines is 1. The smallest absolute Gasteiger partial charge is 0.283 e. The molecule has 3 amide bonds. The van der Waals surface area contributed by atoms with Crippen LogP contribution in [0.4, 0.5) is 9.93 Å². The van der Waals surface area contributed by atoms with Gasteiger partial charge in [0.2, 0.25) is 0 Å². The van der Waals surface area contributed by atoms with Crippen LogP contribution in [0.1, 0.15) is 10.4 Å². The molecule has 3 rings (SSSR count). The second-order valence-electron chi connectivity index (χ2n) is 4.55. The summed E-state index contributed by atoms with van der Waals surface area (Å²) in [6.45, 7) is 0. The largest absolute Gasteiger partial charge is 0.327 e. The minimum atomic E-state index is -0.616. The van der Waals surface area contributed by atoms with Crippen molar-refractivity contribution in [1.29, 1.82) is 0 Å².